The number of benzene rings is 1. The first kappa shape index (κ1) is 16.2. The van der Waals surface area contributed by atoms with E-state index in [2.05, 4.69) is 9.71 Å². The average molecular weight is 347 g/mol. The maximum absolute atomic E-state index is 12.3. The van der Waals surface area contributed by atoms with E-state index in [0.717, 1.165) is 22.6 Å². The van der Waals surface area contributed by atoms with Crippen LogP contribution in [-0.2, 0) is 10.0 Å². The minimum Gasteiger partial charge on any atom is -0.497 e. The summed E-state index contributed by atoms with van der Waals surface area (Å²) < 4.78 is 32.7. The molecular formula is C13H15ClN2O3S2. The Morgan fingerprint density at radius 3 is 2.52 bits per heavy atom. The number of sulfonamides is 1. The van der Waals surface area contributed by atoms with Crippen LogP contribution in [-0.4, -0.2) is 20.5 Å². The van der Waals surface area contributed by atoms with E-state index >= 15 is 0 Å². The van der Waals surface area contributed by atoms with Gasteiger partial charge in [-0.2, -0.15) is 0 Å². The van der Waals surface area contributed by atoms with Gasteiger partial charge in [-0.25, -0.2) is 18.1 Å². The molecule has 0 saturated heterocycles. The quantitative estimate of drug-likeness (QED) is 0.871. The normalized spacial score (nSPS) is 13.1. The number of aromatic nitrogens is 1. The number of nitrogens with one attached hydrogen (secondary N) is 1. The van der Waals surface area contributed by atoms with E-state index in [9.17, 15) is 8.42 Å². The Morgan fingerprint density at radius 2 is 2.05 bits per heavy atom. The topological polar surface area (TPSA) is 68.3 Å². The zero-order valence-corrected chi connectivity index (χ0v) is 13.9. The molecule has 1 atom stereocenters. The third-order valence-electron chi connectivity index (χ3n) is 2.94. The minimum absolute atomic E-state index is 0.111. The first-order valence-corrected chi connectivity index (χ1v) is 8.91. The lowest BCUT2D eigenvalue weighted by atomic mass is 10.1. The number of methoxy groups -OCH3 is 1. The number of thiazole rings is 1. The molecule has 0 fully saturated rings. The molecule has 1 heterocycles. The molecule has 0 aliphatic heterocycles. The molecule has 21 heavy (non-hydrogen) atoms. The molecule has 0 amide bonds. The minimum atomic E-state index is -3.62. The number of halogens is 1. The molecule has 1 aromatic heterocycles. The van der Waals surface area contributed by atoms with Crippen molar-refractivity contribution in [2.75, 3.05) is 7.11 Å². The van der Waals surface area contributed by atoms with E-state index in [-0.39, 0.29) is 14.7 Å². The van der Waals surface area contributed by atoms with Gasteiger partial charge in [-0.3, -0.25) is 0 Å². The number of rotatable bonds is 6. The van der Waals surface area contributed by atoms with Crippen molar-refractivity contribution in [2.45, 2.75) is 23.6 Å². The van der Waals surface area contributed by atoms with Crippen LogP contribution in [0.3, 0.4) is 0 Å². The second-order valence-electron chi connectivity index (χ2n) is 4.29. The molecule has 0 radical (unpaired) electrons. The summed E-state index contributed by atoms with van der Waals surface area (Å²) >= 11 is 6.62. The van der Waals surface area contributed by atoms with E-state index in [4.69, 9.17) is 16.3 Å². The summed E-state index contributed by atoms with van der Waals surface area (Å²) in [6, 6.07) is 6.97. The van der Waals surface area contributed by atoms with Crippen LogP contribution in [0.4, 0.5) is 0 Å². The fraction of sp³-hybridized carbons (Fsp3) is 0.308. The third kappa shape index (κ3) is 3.94. The van der Waals surface area contributed by atoms with Crippen molar-refractivity contribution in [1.82, 2.24) is 9.71 Å². The Bertz CT molecular complexity index is 698. The van der Waals surface area contributed by atoms with Gasteiger partial charge in [0.15, 0.2) is 8.68 Å². The maximum atomic E-state index is 12.3. The summed E-state index contributed by atoms with van der Waals surface area (Å²) in [7, 11) is -2.04. The second kappa shape index (κ2) is 6.74. The van der Waals surface area contributed by atoms with Crippen molar-refractivity contribution in [3.05, 3.63) is 40.5 Å². The largest absolute Gasteiger partial charge is 0.497 e. The molecule has 2 rings (SSSR count). The van der Waals surface area contributed by atoms with Gasteiger partial charge in [0.1, 0.15) is 5.75 Å². The summed E-state index contributed by atoms with van der Waals surface area (Å²) in [5.41, 5.74) is 0.873. The van der Waals surface area contributed by atoms with Crippen LogP contribution >= 0.6 is 22.9 Å². The molecule has 1 N–H and O–H groups in total. The van der Waals surface area contributed by atoms with Gasteiger partial charge in [0, 0.05) is 6.04 Å². The fourth-order valence-electron chi connectivity index (χ4n) is 1.83. The summed E-state index contributed by atoms with van der Waals surface area (Å²) in [5, 5.41) is 0. The summed E-state index contributed by atoms with van der Waals surface area (Å²) in [6.07, 6.45) is 1.88. The molecule has 1 unspecified atom stereocenters. The van der Waals surface area contributed by atoms with Crippen LogP contribution in [0.2, 0.25) is 4.47 Å². The molecule has 0 saturated carbocycles. The lowest BCUT2D eigenvalue weighted by molar-refractivity contribution is 0.414. The van der Waals surface area contributed by atoms with Crippen LogP contribution in [0.15, 0.2) is 34.7 Å². The Hall–Kier alpha value is -1.15. The Balaban J connectivity index is 2.21. The monoisotopic (exact) mass is 346 g/mol. The predicted molar refractivity (Wildman–Crippen MR) is 83.5 cm³/mol. The van der Waals surface area contributed by atoms with Crippen LogP contribution < -0.4 is 9.46 Å². The Kier molecular flexibility index (Phi) is 5.21. The fourth-order valence-corrected chi connectivity index (χ4v) is 4.45. The molecule has 0 bridgehead atoms. The highest BCUT2D eigenvalue weighted by Crippen LogP contribution is 2.26. The van der Waals surface area contributed by atoms with Gasteiger partial charge >= 0.3 is 0 Å². The standard InChI is InChI=1S/C13H15ClN2O3S2/c1-3-11(9-4-6-10(19-2)7-5-9)16-21(17,18)12-8-15-13(14)20-12/h4-8,11,16H,3H2,1-2H3. The number of ether oxygens (including phenoxy) is 1. The van der Waals surface area contributed by atoms with Gasteiger partial charge in [0.2, 0.25) is 0 Å². The Morgan fingerprint density at radius 1 is 1.38 bits per heavy atom. The highest BCUT2D eigenvalue weighted by atomic mass is 35.5. The highest BCUT2D eigenvalue weighted by molar-refractivity contribution is 7.91. The van der Waals surface area contributed by atoms with Gasteiger partial charge in [-0.15, -0.1) is 0 Å². The maximum Gasteiger partial charge on any atom is 0.252 e. The van der Waals surface area contributed by atoms with Crippen molar-refractivity contribution in [1.29, 1.82) is 0 Å². The van der Waals surface area contributed by atoms with Crippen LogP contribution in [0, 0.1) is 0 Å². The number of hydrogen-bond donors (Lipinski definition) is 1. The van der Waals surface area contributed by atoms with Crippen LogP contribution in [0.1, 0.15) is 24.9 Å². The first-order valence-electron chi connectivity index (χ1n) is 6.24. The lowest BCUT2D eigenvalue weighted by Crippen LogP contribution is -2.27. The molecule has 5 nitrogen and oxygen atoms in total. The van der Waals surface area contributed by atoms with E-state index in [0.29, 0.717) is 6.42 Å². The van der Waals surface area contributed by atoms with Crippen molar-refractivity contribution >= 4 is 33.0 Å². The Labute approximate surface area is 133 Å². The van der Waals surface area contributed by atoms with E-state index in [1.165, 1.54) is 6.20 Å². The smallest absolute Gasteiger partial charge is 0.252 e. The number of hydrogen-bond acceptors (Lipinski definition) is 5. The van der Waals surface area contributed by atoms with E-state index in [1.54, 1.807) is 19.2 Å². The molecule has 8 heteroatoms. The van der Waals surface area contributed by atoms with Gasteiger partial charge in [-0.1, -0.05) is 42.0 Å². The SMILES string of the molecule is CCC(NS(=O)(=O)c1cnc(Cl)s1)c1ccc(OC)cc1. The number of nitrogens with zero attached hydrogens (tertiary/aromatic N) is 1. The van der Waals surface area contributed by atoms with Crippen molar-refractivity contribution in [3.8, 4) is 5.75 Å². The van der Waals surface area contributed by atoms with Gasteiger partial charge in [0.05, 0.1) is 13.3 Å². The highest BCUT2D eigenvalue weighted by Gasteiger charge is 2.22. The summed E-state index contributed by atoms with van der Waals surface area (Å²) in [5.74, 6) is 0.727. The summed E-state index contributed by atoms with van der Waals surface area (Å²) in [4.78, 5) is 3.76. The van der Waals surface area contributed by atoms with Crippen LogP contribution in [0.5, 0.6) is 5.75 Å². The zero-order chi connectivity index (χ0) is 15.5. The van der Waals surface area contributed by atoms with Gasteiger partial charge in [-0.05, 0) is 24.1 Å². The molecule has 1 aromatic carbocycles. The van der Waals surface area contributed by atoms with Gasteiger partial charge in [0.25, 0.3) is 10.0 Å². The second-order valence-corrected chi connectivity index (χ2v) is 7.84. The molecule has 0 aliphatic carbocycles. The molecule has 0 spiro atoms. The summed E-state index contributed by atoms with van der Waals surface area (Å²) in [6.45, 7) is 1.91. The average Bonchev–Trinajstić information content (AvgIpc) is 2.92. The van der Waals surface area contributed by atoms with E-state index < -0.39 is 10.0 Å². The molecule has 0 aliphatic rings. The van der Waals surface area contributed by atoms with Crippen molar-refractivity contribution in [3.63, 3.8) is 0 Å². The van der Waals surface area contributed by atoms with Gasteiger partial charge < -0.3 is 4.74 Å². The lowest BCUT2D eigenvalue weighted by Gasteiger charge is -2.17. The van der Waals surface area contributed by atoms with Crippen LogP contribution in [0.25, 0.3) is 0 Å². The van der Waals surface area contributed by atoms with Crippen molar-refractivity contribution < 1.29 is 13.2 Å². The predicted octanol–water partition coefficient (Wildman–Crippen LogP) is 3.23. The zero-order valence-electron chi connectivity index (χ0n) is 11.5. The molecular weight excluding hydrogens is 332 g/mol. The molecule has 114 valence electrons. The van der Waals surface area contributed by atoms with E-state index in [1.807, 2.05) is 19.1 Å². The first-order chi connectivity index (χ1) is 9.96. The third-order valence-corrected chi connectivity index (χ3v) is 5.99. The molecule has 2 aromatic rings. The van der Waals surface area contributed by atoms with Crippen molar-refractivity contribution in [2.24, 2.45) is 0 Å².